The van der Waals surface area contributed by atoms with Crippen molar-refractivity contribution in [3.05, 3.63) is 50.9 Å². The van der Waals surface area contributed by atoms with Crippen LogP contribution in [0.4, 0.5) is 5.69 Å². The molecule has 0 atom stereocenters. The van der Waals surface area contributed by atoms with Crippen LogP contribution in [0.3, 0.4) is 0 Å². The van der Waals surface area contributed by atoms with Gasteiger partial charge in [-0.15, -0.1) is 0 Å². The van der Waals surface area contributed by atoms with Crippen molar-refractivity contribution in [3.63, 3.8) is 0 Å². The minimum Gasteiger partial charge on any atom is -0.497 e. The molecule has 3 aromatic heterocycles. The van der Waals surface area contributed by atoms with Crippen LogP contribution in [0.2, 0.25) is 0 Å². The zero-order chi connectivity index (χ0) is 20.7. The number of nitrogens with one attached hydrogen (secondary N) is 2. The standard InChI is InChI=1S/C19H22N6O4/c1-11-10-25-15-16(23(2)19(27)22-17(15)26)21-18(25)24(11)8-7-20-13-6-5-12(28-3)9-14(13)29-4/h5-6,9-10,20H,7-8H2,1-4H3,(H,22,26,27). The van der Waals surface area contributed by atoms with E-state index in [4.69, 9.17) is 9.47 Å². The maximum absolute atomic E-state index is 12.3. The van der Waals surface area contributed by atoms with E-state index < -0.39 is 11.2 Å². The van der Waals surface area contributed by atoms with Gasteiger partial charge in [0.1, 0.15) is 11.5 Å². The molecule has 10 nitrogen and oxygen atoms in total. The fourth-order valence-electron chi connectivity index (χ4n) is 3.44. The van der Waals surface area contributed by atoms with E-state index in [0.29, 0.717) is 35.8 Å². The zero-order valence-corrected chi connectivity index (χ0v) is 16.6. The molecular formula is C19H22N6O4. The number of methoxy groups -OCH3 is 2. The molecule has 0 spiro atoms. The van der Waals surface area contributed by atoms with Crippen LogP contribution < -0.4 is 26.0 Å². The number of aromatic nitrogens is 5. The monoisotopic (exact) mass is 398 g/mol. The molecule has 10 heteroatoms. The third kappa shape index (κ3) is 3.02. The molecule has 29 heavy (non-hydrogen) atoms. The molecule has 4 rings (SSSR count). The van der Waals surface area contributed by atoms with Crippen LogP contribution >= 0.6 is 0 Å². The molecule has 0 radical (unpaired) electrons. The number of fused-ring (bicyclic) bond motifs is 3. The van der Waals surface area contributed by atoms with E-state index >= 15 is 0 Å². The number of aryl methyl sites for hydroxylation is 2. The second-order valence-electron chi connectivity index (χ2n) is 6.69. The Bertz CT molecular complexity index is 1330. The van der Waals surface area contributed by atoms with E-state index in [2.05, 4.69) is 15.3 Å². The van der Waals surface area contributed by atoms with E-state index in [9.17, 15) is 9.59 Å². The first-order chi connectivity index (χ1) is 13.9. The molecule has 0 aliphatic carbocycles. The average molecular weight is 398 g/mol. The van der Waals surface area contributed by atoms with Gasteiger partial charge in [0.05, 0.1) is 19.9 Å². The van der Waals surface area contributed by atoms with Crippen molar-refractivity contribution in [2.45, 2.75) is 13.5 Å². The third-order valence-corrected chi connectivity index (χ3v) is 4.97. The number of imidazole rings is 2. The van der Waals surface area contributed by atoms with Crippen molar-refractivity contribution in [1.82, 2.24) is 23.5 Å². The fourth-order valence-corrected chi connectivity index (χ4v) is 3.44. The number of ether oxygens (including phenoxy) is 2. The van der Waals surface area contributed by atoms with Crippen LogP contribution in [0.25, 0.3) is 16.9 Å². The van der Waals surface area contributed by atoms with Crippen molar-refractivity contribution in [2.24, 2.45) is 7.05 Å². The molecule has 0 bridgehead atoms. The van der Waals surface area contributed by atoms with Gasteiger partial charge in [0, 0.05) is 38.1 Å². The number of hydrogen-bond donors (Lipinski definition) is 2. The Morgan fingerprint density at radius 3 is 2.72 bits per heavy atom. The molecule has 1 aromatic carbocycles. The number of anilines is 1. The summed E-state index contributed by atoms with van der Waals surface area (Å²) in [5, 5.41) is 3.35. The van der Waals surface area contributed by atoms with Gasteiger partial charge in [-0.25, -0.2) is 4.79 Å². The number of rotatable bonds is 6. The molecule has 0 aliphatic rings. The summed E-state index contributed by atoms with van der Waals surface area (Å²) < 4.78 is 15.7. The Hall–Kier alpha value is -3.69. The highest BCUT2D eigenvalue weighted by atomic mass is 16.5. The lowest BCUT2D eigenvalue weighted by atomic mass is 10.2. The predicted molar refractivity (Wildman–Crippen MR) is 109 cm³/mol. The molecule has 0 saturated heterocycles. The lowest BCUT2D eigenvalue weighted by molar-refractivity contribution is 0.395. The predicted octanol–water partition coefficient (Wildman–Crippen LogP) is 1.11. The van der Waals surface area contributed by atoms with Crippen molar-refractivity contribution < 1.29 is 9.47 Å². The van der Waals surface area contributed by atoms with E-state index in [1.807, 2.05) is 35.9 Å². The molecular weight excluding hydrogens is 376 g/mol. The second-order valence-corrected chi connectivity index (χ2v) is 6.69. The van der Waals surface area contributed by atoms with Crippen LogP contribution in [-0.4, -0.2) is 44.3 Å². The van der Waals surface area contributed by atoms with Crippen molar-refractivity contribution in [2.75, 3.05) is 26.1 Å². The average Bonchev–Trinajstić information content (AvgIpc) is 3.22. The molecule has 3 heterocycles. The summed E-state index contributed by atoms with van der Waals surface area (Å²) in [4.78, 5) is 31.0. The van der Waals surface area contributed by atoms with Crippen molar-refractivity contribution in [1.29, 1.82) is 0 Å². The minimum atomic E-state index is -0.486. The number of nitrogens with zero attached hydrogens (tertiary/aromatic N) is 4. The highest BCUT2D eigenvalue weighted by Crippen LogP contribution is 2.28. The Balaban J connectivity index is 1.65. The van der Waals surface area contributed by atoms with Gasteiger partial charge in [-0.1, -0.05) is 0 Å². The third-order valence-electron chi connectivity index (χ3n) is 4.97. The Morgan fingerprint density at radius 2 is 2.00 bits per heavy atom. The van der Waals surface area contributed by atoms with Gasteiger partial charge < -0.3 is 19.4 Å². The Kier molecular flexibility index (Phi) is 4.53. The Labute approximate surface area is 165 Å². The van der Waals surface area contributed by atoms with Crippen molar-refractivity contribution in [3.8, 4) is 11.5 Å². The van der Waals surface area contributed by atoms with E-state index in [0.717, 1.165) is 17.1 Å². The maximum atomic E-state index is 12.3. The first kappa shape index (κ1) is 18.7. The summed E-state index contributed by atoms with van der Waals surface area (Å²) in [6, 6.07) is 5.57. The highest BCUT2D eigenvalue weighted by Gasteiger charge is 2.17. The first-order valence-corrected chi connectivity index (χ1v) is 9.07. The number of aromatic amines is 1. The topological polar surface area (TPSA) is 108 Å². The lowest BCUT2D eigenvalue weighted by Gasteiger charge is -2.13. The summed E-state index contributed by atoms with van der Waals surface area (Å²) in [6.07, 6.45) is 1.85. The van der Waals surface area contributed by atoms with Crippen LogP contribution in [0.1, 0.15) is 5.69 Å². The summed E-state index contributed by atoms with van der Waals surface area (Å²) in [5.41, 5.74) is 1.57. The molecule has 0 aliphatic heterocycles. The number of H-pyrrole nitrogens is 1. The maximum Gasteiger partial charge on any atom is 0.329 e. The smallest absolute Gasteiger partial charge is 0.329 e. The van der Waals surface area contributed by atoms with Gasteiger partial charge in [0.25, 0.3) is 5.56 Å². The lowest BCUT2D eigenvalue weighted by Crippen LogP contribution is -2.28. The molecule has 0 unspecified atom stereocenters. The summed E-state index contributed by atoms with van der Waals surface area (Å²) in [6.45, 7) is 3.16. The largest absolute Gasteiger partial charge is 0.497 e. The second kappa shape index (κ2) is 7.04. The van der Waals surface area contributed by atoms with Crippen molar-refractivity contribution >= 4 is 22.6 Å². The van der Waals surface area contributed by atoms with Gasteiger partial charge in [0.15, 0.2) is 11.2 Å². The number of benzene rings is 1. The SMILES string of the molecule is COc1ccc(NCCn2c(C)cn3c4c(=O)[nH]c(=O)n(C)c4nc23)c(OC)c1. The Morgan fingerprint density at radius 1 is 1.21 bits per heavy atom. The molecule has 4 aromatic rings. The quantitative estimate of drug-likeness (QED) is 0.504. The molecule has 0 saturated carbocycles. The zero-order valence-electron chi connectivity index (χ0n) is 16.6. The van der Waals surface area contributed by atoms with E-state index in [1.54, 1.807) is 25.7 Å². The van der Waals surface area contributed by atoms with Crippen LogP contribution in [0, 0.1) is 6.92 Å². The van der Waals surface area contributed by atoms with Gasteiger partial charge in [-0.2, -0.15) is 4.98 Å². The van der Waals surface area contributed by atoms with Gasteiger partial charge >= 0.3 is 5.69 Å². The summed E-state index contributed by atoms with van der Waals surface area (Å²) >= 11 is 0. The fraction of sp³-hybridized carbons (Fsp3) is 0.316. The van der Waals surface area contributed by atoms with E-state index in [-0.39, 0.29) is 0 Å². The molecule has 0 fully saturated rings. The minimum absolute atomic E-state index is 0.354. The first-order valence-electron chi connectivity index (χ1n) is 9.07. The highest BCUT2D eigenvalue weighted by molar-refractivity contribution is 5.75. The van der Waals surface area contributed by atoms with Crippen LogP contribution in [0.15, 0.2) is 34.0 Å². The van der Waals surface area contributed by atoms with Gasteiger partial charge in [-0.3, -0.25) is 18.7 Å². The van der Waals surface area contributed by atoms with Gasteiger partial charge in [0.2, 0.25) is 5.78 Å². The van der Waals surface area contributed by atoms with Crippen LogP contribution in [-0.2, 0) is 13.6 Å². The summed E-state index contributed by atoms with van der Waals surface area (Å²) in [7, 11) is 4.80. The molecule has 152 valence electrons. The summed E-state index contributed by atoms with van der Waals surface area (Å²) in [5.74, 6) is 2.01. The number of hydrogen-bond acceptors (Lipinski definition) is 6. The molecule has 2 N–H and O–H groups in total. The van der Waals surface area contributed by atoms with Gasteiger partial charge in [-0.05, 0) is 19.1 Å². The van der Waals surface area contributed by atoms with E-state index in [1.165, 1.54) is 4.57 Å². The molecule has 0 amide bonds. The van der Waals surface area contributed by atoms with Crippen LogP contribution in [0.5, 0.6) is 11.5 Å². The normalized spacial score (nSPS) is 11.3.